The molecule has 2 unspecified atom stereocenters. The molecule has 2 aromatic rings. The van der Waals surface area contributed by atoms with Crippen molar-refractivity contribution in [3.8, 4) is 0 Å². The van der Waals surface area contributed by atoms with Crippen LogP contribution in [0.25, 0.3) is 0 Å². The molecule has 0 saturated carbocycles. The van der Waals surface area contributed by atoms with Crippen LogP contribution in [-0.4, -0.2) is 22.0 Å². The number of likely N-dealkylation sites (tertiary alicyclic amines) is 1. The lowest BCUT2D eigenvalue weighted by Crippen LogP contribution is -2.40. The van der Waals surface area contributed by atoms with Gasteiger partial charge in [0.2, 0.25) is 0 Å². The molecule has 0 aromatic heterocycles. The van der Waals surface area contributed by atoms with Gasteiger partial charge in [0, 0.05) is 5.56 Å². The maximum absolute atomic E-state index is 12.7. The Morgan fingerprint density at radius 3 is 2.36 bits per heavy atom. The van der Waals surface area contributed by atoms with Crippen LogP contribution in [0.4, 0.5) is 0 Å². The summed E-state index contributed by atoms with van der Waals surface area (Å²) in [4.78, 5) is 14.5. The number of benzene rings is 2. The van der Waals surface area contributed by atoms with E-state index in [1.165, 1.54) is 0 Å². The van der Waals surface area contributed by atoms with Crippen LogP contribution in [0.1, 0.15) is 28.8 Å². The average molecular weight is 360 g/mol. The maximum atomic E-state index is 12.7. The molecule has 1 fully saturated rings. The van der Waals surface area contributed by atoms with E-state index < -0.39 is 0 Å². The molecule has 1 aliphatic heterocycles. The molecule has 1 heterocycles. The predicted octanol–water partition coefficient (Wildman–Crippen LogP) is 4.19. The number of amides is 1. The molecule has 114 valence electrons. The fourth-order valence-electron chi connectivity index (χ4n) is 2.66. The van der Waals surface area contributed by atoms with Gasteiger partial charge in [0.05, 0.1) is 11.6 Å². The van der Waals surface area contributed by atoms with Gasteiger partial charge in [-0.2, -0.15) is 0 Å². The van der Waals surface area contributed by atoms with Crippen LogP contribution in [0.3, 0.4) is 0 Å². The molecule has 2 atom stereocenters. The highest BCUT2D eigenvalue weighted by atomic mass is 79.9. The molecule has 1 aliphatic rings. The van der Waals surface area contributed by atoms with Gasteiger partial charge in [0.1, 0.15) is 6.23 Å². The summed E-state index contributed by atoms with van der Waals surface area (Å²) in [5.41, 5.74) is 1.81. The van der Waals surface area contributed by atoms with E-state index in [-0.39, 0.29) is 17.1 Å². The SMILES string of the molecule is O=C(c1ccccc1)N1C(Br)CCC1OCc1ccccc1. The molecule has 0 spiro atoms. The first-order valence-corrected chi connectivity index (χ1v) is 8.34. The molecule has 2 aromatic carbocycles. The van der Waals surface area contributed by atoms with Crippen molar-refractivity contribution >= 4 is 21.8 Å². The van der Waals surface area contributed by atoms with Gasteiger partial charge in [-0.15, -0.1) is 0 Å². The largest absolute Gasteiger partial charge is 0.354 e. The highest BCUT2D eigenvalue weighted by Gasteiger charge is 2.36. The Morgan fingerprint density at radius 2 is 1.68 bits per heavy atom. The average Bonchev–Trinajstić information content (AvgIpc) is 2.95. The summed E-state index contributed by atoms with van der Waals surface area (Å²) >= 11 is 3.59. The van der Waals surface area contributed by atoms with Gasteiger partial charge in [-0.05, 0) is 30.5 Å². The summed E-state index contributed by atoms with van der Waals surface area (Å²) in [6.07, 6.45) is 1.57. The number of carbonyl (C=O) groups excluding carboxylic acids is 1. The third kappa shape index (κ3) is 3.39. The molecule has 3 nitrogen and oxygen atoms in total. The van der Waals surface area contributed by atoms with Crippen LogP contribution in [0, 0.1) is 0 Å². The monoisotopic (exact) mass is 359 g/mol. The van der Waals surface area contributed by atoms with E-state index in [0.717, 1.165) is 18.4 Å². The summed E-state index contributed by atoms with van der Waals surface area (Å²) in [6, 6.07) is 19.4. The van der Waals surface area contributed by atoms with Crippen LogP contribution < -0.4 is 0 Å². The number of hydrogen-bond donors (Lipinski definition) is 0. The molecule has 0 N–H and O–H groups in total. The van der Waals surface area contributed by atoms with Crippen LogP contribution in [-0.2, 0) is 11.3 Å². The van der Waals surface area contributed by atoms with Crippen molar-refractivity contribution in [1.29, 1.82) is 0 Å². The second-order valence-electron chi connectivity index (χ2n) is 5.34. The van der Waals surface area contributed by atoms with E-state index in [9.17, 15) is 4.79 Å². The molecule has 0 aliphatic carbocycles. The van der Waals surface area contributed by atoms with E-state index >= 15 is 0 Å². The Balaban J connectivity index is 1.70. The Hall–Kier alpha value is -1.65. The van der Waals surface area contributed by atoms with Crippen LogP contribution in [0.2, 0.25) is 0 Å². The van der Waals surface area contributed by atoms with Gasteiger partial charge < -0.3 is 4.74 Å². The molecule has 4 heteroatoms. The van der Waals surface area contributed by atoms with E-state index in [1.54, 1.807) is 4.90 Å². The minimum absolute atomic E-state index is 0.0121. The second kappa shape index (κ2) is 7.07. The fourth-order valence-corrected chi connectivity index (χ4v) is 3.37. The third-order valence-corrected chi connectivity index (χ3v) is 4.70. The van der Waals surface area contributed by atoms with E-state index in [0.29, 0.717) is 12.2 Å². The number of nitrogens with zero attached hydrogens (tertiary/aromatic N) is 1. The third-order valence-electron chi connectivity index (χ3n) is 3.80. The first-order valence-electron chi connectivity index (χ1n) is 7.43. The summed E-state index contributed by atoms with van der Waals surface area (Å²) in [6.45, 7) is 0.518. The molecule has 0 radical (unpaired) electrons. The van der Waals surface area contributed by atoms with Crippen LogP contribution in [0.5, 0.6) is 0 Å². The van der Waals surface area contributed by atoms with Gasteiger partial charge in [-0.25, -0.2) is 0 Å². The Kier molecular flexibility index (Phi) is 4.90. The second-order valence-corrected chi connectivity index (χ2v) is 6.40. The Morgan fingerprint density at radius 1 is 1.05 bits per heavy atom. The van der Waals surface area contributed by atoms with Crippen molar-refractivity contribution in [2.45, 2.75) is 30.6 Å². The highest BCUT2D eigenvalue weighted by Crippen LogP contribution is 2.31. The standard InChI is InChI=1S/C18H18BrNO2/c19-16-11-12-17(22-13-14-7-3-1-4-8-14)20(16)18(21)15-9-5-2-6-10-15/h1-10,16-17H,11-13H2. The van der Waals surface area contributed by atoms with Crippen molar-refractivity contribution in [3.05, 3.63) is 71.8 Å². The normalized spacial score (nSPS) is 21.0. The van der Waals surface area contributed by atoms with Gasteiger partial charge >= 0.3 is 0 Å². The van der Waals surface area contributed by atoms with E-state index in [4.69, 9.17) is 4.74 Å². The quantitative estimate of drug-likeness (QED) is 0.605. The first-order chi connectivity index (χ1) is 10.8. The molecule has 3 rings (SSSR count). The lowest BCUT2D eigenvalue weighted by Gasteiger charge is -2.27. The van der Waals surface area contributed by atoms with E-state index in [2.05, 4.69) is 15.9 Å². The fraction of sp³-hybridized carbons (Fsp3) is 0.278. The number of carbonyl (C=O) groups is 1. The number of rotatable bonds is 4. The zero-order valence-corrected chi connectivity index (χ0v) is 13.8. The Bertz CT molecular complexity index is 617. The molecule has 1 amide bonds. The van der Waals surface area contributed by atoms with Gasteiger partial charge in [-0.1, -0.05) is 64.5 Å². The summed E-state index contributed by atoms with van der Waals surface area (Å²) < 4.78 is 5.99. The van der Waals surface area contributed by atoms with Gasteiger partial charge in [-0.3, -0.25) is 9.69 Å². The topological polar surface area (TPSA) is 29.5 Å². The zero-order chi connectivity index (χ0) is 15.4. The van der Waals surface area contributed by atoms with Crippen LogP contribution in [0.15, 0.2) is 60.7 Å². The molecule has 22 heavy (non-hydrogen) atoms. The lowest BCUT2D eigenvalue weighted by molar-refractivity contribution is -0.0360. The number of ether oxygens (including phenoxy) is 1. The molecule has 1 saturated heterocycles. The van der Waals surface area contributed by atoms with Crippen molar-refractivity contribution in [2.24, 2.45) is 0 Å². The van der Waals surface area contributed by atoms with Gasteiger partial charge in [0.15, 0.2) is 0 Å². The maximum Gasteiger partial charge on any atom is 0.256 e. The van der Waals surface area contributed by atoms with E-state index in [1.807, 2.05) is 60.7 Å². The van der Waals surface area contributed by atoms with Crippen molar-refractivity contribution in [3.63, 3.8) is 0 Å². The van der Waals surface area contributed by atoms with Crippen molar-refractivity contribution in [1.82, 2.24) is 4.90 Å². The molecular formula is C18H18BrNO2. The summed E-state index contributed by atoms with van der Waals surface area (Å²) in [5, 5.41) is 0. The summed E-state index contributed by atoms with van der Waals surface area (Å²) in [5.74, 6) is 0.0121. The Labute approximate surface area is 139 Å². The number of halogens is 1. The predicted molar refractivity (Wildman–Crippen MR) is 89.6 cm³/mol. The minimum Gasteiger partial charge on any atom is -0.354 e. The number of hydrogen-bond acceptors (Lipinski definition) is 2. The molecular weight excluding hydrogens is 342 g/mol. The number of alkyl halides is 1. The lowest BCUT2D eigenvalue weighted by atomic mass is 10.2. The smallest absolute Gasteiger partial charge is 0.256 e. The zero-order valence-electron chi connectivity index (χ0n) is 12.2. The first kappa shape index (κ1) is 15.3. The highest BCUT2D eigenvalue weighted by molar-refractivity contribution is 9.09. The van der Waals surface area contributed by atoms with Crippen LogP contribution >= 0.6 is 15.9 Å². The summed E-state index contributed by atoms with van der Waals surface area (Å²) in [7, 11) is 0. The minimum atomic E-state index is -0.183. The van der Waals surface area contributed by atoms with Crippen molar-refractivity contribution < 1.29 is 9.53 Å². The van der Waals surface area contributed by atoms with Gasteiger partial charge in [0.25, 0.3) is 5.91 Å². The van der Waals surface area contributed by atoms with Crippen molar-refractivity contribution in [2.75, 3.05) is 0 Å². The molecule has 0 bridgehead atoms.